The van der Waals surface area contributed by atoms with Gasteiger partial charge in [-0.25, -0.2) is 4.98 Å². The Balaban J connectivity index is 1.58. The fourth-order valence-corrected chi connectivity index (χ4v) is 2.66. The van der Waals surface area contributed by atoms with Crippen molar-refractivity contribution in [2.24, 2.45) is 0 Å². The number of nitrogens with zero attached hydrogens (tertiary/aromatic N) is 3. The van der Waals surface area contributed by atoms with Crippen LogP contribution in [0.4, 0.5) is 0 Å². The zero-order valence-corrected chi connectivity index (χ0v) is 12.4. The first-order chi connectivity index (χ1) is 10.3. The van der Waals surface area contributed by atoms with E-state index < -0.39 is 0 Å². The Hall–Kier alpha value is -2.07. The van der Waals surface area contributed by atoms with Gasteiger partial charge in [0.1, 0.15) is 5.75 Å². The fraction of sp³-hybridized carbons (Fsp3) is 0.353. The van der Waals surface area contributed by atoms with Crippen LogP contribution in [0.3, 0.4) is 0 Å². The molecule has 0 fully saturated rings. The summed E-state index contributed by atoms with van der Waals surface area (Å²) in [5.41, 5.74) is 2.51. The Morgan fingerprint density at radius 1 is 1.24 bits per heavy atom. The van der Waals surface area contributed by atoms with Gasteiger partial charge in [0, 0.05) is 32.4 Å². The van der Waals surface area contributed by atoms with Crippen molar-refractivity contribution in [3.63, 3.8) is 0 Å². The second kappa shape index (κ2) is 6.59. The van der Waals surface area contributed by atoms with Gasteiger partial charge in [0.15, 0.2) is 0 Å². The number of benzene rings is 1. The predicted octanol–water partition coefficient (Wildman–Crippen LogP) is 2.81. The van der Waals surface area contributed by atoms with E-state index in [0.29, 0.717) is 0 Å². The summed E-state index contributed by atoms with van der Waals surface area (Å²) in [6.07, 6.45) is 9.49. The summed E-state index contributed by atoms with van der Waals surface area (Å²) in [5.74, 6) is 0.896. The van der Waals surface area contributed by atoms with Crippen molar-refractivity contribution in [2.75, 3.05) is 20.2 Å². The monoisotopic (exact) mass is 283 g/mol. The average molecular weight is 283 g/mol. The number of imidazole rings is 1. The average Bonchev–Trinajstić information content (AvgIpc) is 2.86. The second-order valence-corrected chi connectivity index (χ2v) is 5.34. The van der Waals surface area contributed by atoms with Crippen LogP contribution in [0.2, 0.25) is 0 Å². The van der Waals surface area contributed by atoms with Gasteiger partial charge in [-0.05, 0) is 24.1 Å². The van der Waals surface area contributed by atoms with Gasteiger partial charge in [0.2, 0.25) is 0 Å². The minimum absolute atomic E-state index is 0.896. The molecule has 4 heteroatoms. The normalized spacial score (nSPS) is 15.9. The van der Waals surface area contributed by atoms with Gasteiger partial charge in [-0.2, -0.15) is 0 Å². The van der Waals surface area contributed by atoms with Crippen LogP contribution < -0.4 is 4.74 Å². The third-order valence-corrected chi connectivity index (χ3v) is 3.85. The lowest BCUT2D eigenvalue weighted by Crippen LogP contribution is -2.23. The smallest absolute Gasteiger partial charge is 0.118 e. The van der Waals surface area contributed by atoms with Crippen LogP contribution >= 0.6 is 0 Å². The summed E-state index contributed by atoms with van der Waals surface area (Å²) in [6, 6.07) is 8.13. The maximum Gasteiger partial charge on any atom is 0.118 e. The minimum Gasteiger partial charge on any atom is -0.497 e. The van der Waals surface area contributed by atoms with E-state index >= 15 is 0 Å². The van der Waals surface area contributed by atoms with Crippen LogP contribution in [0.25, 0.3) is 6.08 Å². The van der Waals surface area contributed by atoms with Gasteiger partial charge >= 0.3 is 0 Å². The molecular formula is C17H21N3O. The van der Waals surface area contributed by atoms with Gasteiger partial charge in [-0.15, -0.1) is 0 Å². The first-order valence-electron chi connectivity index (χ1n) is 7.37. The highest BCUT2D eigenvalue weighted by molar-refractivity contribution is 5.50. The Labute approximate surface area is 125 Å². The van der Waals surface area contributed by atoms with Crippen LogP contribution in [0.5, 0.6) is 5.75 Å². The molecule has 0 bridgehead atoms. The SMILES string of the molecule is COc1ccc(/C=C/CN2CCCn3cncc3C2)cc1. The van der Waals surface area contributed by atoms with Crippen molar-refractivity contribution in [3.8, 4) is 5.75 Å². The Morgan fingerprint density at radius 3 is 2.90 bits per heavy atom. The summed E-state index contributed by atoms with van der Waals surface area (Å²) in [7, 11) is 1.69. The van der Waals surface area contributed by atoms with Crippen LogP contribution in [-0.4, -0.2) is 34.7 Å². The van der Waals surface area contributed by atoms with Crippen molar-refractivity contribution < 1.29 is 4.74 Å². The maximum absolute atomic E-state index is 5.17. The Bertz CT molecular complexity index is 601. The Morgan fingerprint density at radius 2 is 2.10 bits per heavy atom. The minimum atomic E-state index is 0.896. The molecule has 0 radical (unpaired) electrons. The molecule has 1 aliphatic heterocycles. The molecule has 2 aromatic rings. The maximum atomic E-state index is 5.17. The van der Waals surface area contributed by atoms with Crippen molar-refractivity contribution in [3.05, 3.63) is 54.1 Å². The first-order valence-corrected chi connectivity index (χ1v) is 7.37. The number of aryl methyl sites for hydroxylation is 1. The fourth-order valence-electron chi connectivity index (χ4n) is 2.66. The molecule has 0 unspecified atom stereocenters. The van der Waals surface area contributed by atoms with E-state index in [1.54, 1.807) is 7.11 Å². The molecule has 0 aliphatic carbocycles. The summed E-state index contributed by atoms with van der Waals surface area (Å²) in [6.45, 7) is 4.16. The van der Waals surface area contributed by atoms with Crippen LogP contribution in [-0.2, 0) is 13.1 Å². The molecule has 1 aliphatic rings. The van der Waals surface area contributed by atoms with E-state index in [1.165, 1.54) is 17.7 Å². The number of aromatic nitrogens is 2. The highest BCUT2D eigenvalue weighted by Crippen LogP contribution is 2.14. The predicted molar refractivity (Wildman–Crippen MR) is 84.1 cm³/mol. The first kappa shape index (κ1) is 13.9. The van der Waals surface area contributed by atoms with Crippen molar-refractivity contribution in [1.29, 1.82) is 0 Å². The molecule has 0 amide bonds. The topological polar surface area (TPSA) is 30.3 Å². The van der Waals surface area contributed by atoms with Gasteiger partial charge in [-0.3, -0.25) is 4.90 Å². The lowest BCUT2D eigenvalue weighted by molar-refractivity contribution is 0.299. The molecule has 0 spiro atoms. The molecule has 110 valence electrons. The molecule has 2 heterocycles. The quantitative estimate of drug-likeness (QED) is 0.864. The third kappa shape index (κ3) is 3.52. The molecule has 0 saturated heterocycles. The van der Waals surface area contributed by atoms with Gasteiger partial charge in [0.25, 0.3) is 0 Å². The zero-order valence-electron chi connectivity index (χ0n) is 12.4. The van der Waals surface area contributed by atoms with E-state index in [1.807, 2.05) is 24.7 Å². The lowest BCUT2D eigenvalue weighted by Gasteiger charge is -2.16. The summed E-state index contributed by atoms with van der Waals surface area (Å²) in [5, 5.41) is 0. The van der Waals surface area contributed by atoms with E-state index in [0.717, 1.165) is 31.9 Å². The zero-order chi connectivity index (χ0) is 14.5. The number of rotatable bonds is 4. The van der Waals surface area contributed by atoms with E-state index in [9.17, 15) is 0 Å². The van der Waals surface area contributed by atoms with Crippen LogP contribution in [0.1, 0.15) is 17.7 Å². The summed E-state index contributed by atoms with van der Waals surface area (Å²) >= 11 is 0. The van der Waals surface area contributed by atoms with Gasteiger partial charge in [0.05, 0.1) is 19.1 Å². The molecule has 0 saturated carbocycles. The van der Waals surface area contributed by atoms with Crippen molar-refractivity contribution in [1.82, 2.24) is 14.5 Å². The van der Waals surface area contributed by atoms with Crippen molar-refractivity contribution >= 4 is 6.08 Å². The molecule has 0 atom stereocenters. The van der Waals surface area contributed by atoms with Crippen LogP contribution in [0, 0.1) is 0 Å². The molecule has 0 N–H and O–H groups in total. The summed E-state index contributed by atoms with van der Waals surface area (Å²) < 4.78 is 7.42. The number of fused-ring (bicyclic) bond motifs is 1. The van der Waals surface area contributed by atoms with Gasteiger partial charge < -0.3 is 9.30 Å². The summed E-state index contributed by atoms with van der Waals surface area (Å²) in [4.78, 5) is 6.69. The van der Waals surface area contributed by atoms with E-state index in [4.69, 9.17) is 4.74 Å². The molecule has 3 rings (SSSR count). The molecular weight excluding hydrogens is 262 g/mol. The van der Waals surface area contributed by atoms with E-state index in [2.05, 4.69) is 38.7 Å². The van der Waals surface area contributed by atoms with E-state index in [-0.39, 0.29) is 0 Å². The molecule has 1 aromatic carbocycles. The molecule has 1 aromatic heterocycles. The number of methoxy groups -OCH3 is 1. The molecule has 4 nitrogen and oxygen atoms in total. The standard InChI is InChI=1S/C17H21N3O/c1-21-17-7-5-15(6-8-17)4-2-9-19-10-3-11-20-14-18-12-16(20)13-19/h2,4-8,12,14H,3,9-11,13H2,1H3/b4-2+. The molecule has 21 heavy (non-hydrogen) atoms. The number of ether oxygens (including phenoxy) is 1. The highest BCUT2D eigenvalue weighted by atomic mass is 16.5. The Kier molecular flexibility index (Phi) is 4.36. The third-order valence-electron chi connectivity index (χ3n) is 3.85. The second-order valence-electron chi connectivity index (χ2n) is 5.34. The number of hydrogen-bond donors (Lipinski definition) is 0. The van der Waals surface area contributed by atoms with Crippen LogP contribution in [0.15, 0.2) is 42.9 Å². The van der Waals surface area contributed by atoms with Gasteiger partial charge in [-0.1, -0.05) is 24.3 Å². The van der Waals surface area contributed by atoms with Crippen molar-refractivity contribution in [2.45, 2.75) is 19.5 Å². The number of hydrogen-bond acceptors (Lipinski definition) is 3. The highest BCUT2D eigenvalue weighted by Gasteiger charge is 2.12. The lowest BCUT2D eigenvalue weighted by atomic mass is 10.2. The largest absolute Gasteiger partial charge is 0.497 e.